The van der Waals surface area contributed by atoms with Crippen molar-refractivity contribution in [1.29, 1.82) is 0 Å². The number of anilines is 1. The topological polar surface area (TPSA) is 78.4 Å². The summed E-state index contributed by atoms with van der Waals surface area (Å²) in [5.41, 5.74) is 2.84. The monoisotopic (exact) mass is 382 g/mol. The van der Waals surface area contributed by atoms with Crippen LogP contribution in [-0.2, 0) is 4.79 Å². The maximum atomic E-state index is 13.7. The Kier molecular flexibility index (Phi) is 5.76. The van der Waals surface area contributed by atoms with Gasteiger partial charge in [0.25, 0.3) is 11.8 Å². The van der Waals surface area contributed by atoms with Crippen LogP contribution < -0.4 is 10.8 Å². The number of benzene rings is 3. The van der Waals surface area contributed by atoms with Crippen molar-refractivity contribution in [2.24, 2.45) is 0 Å². The van der Waals surface area contributed by atoms with Gasteiger partial charge in [-0.15, -0.1) is 0 Å². The molecule has 0 saturated carbocycles. The molecule has 3 aromatic carbocycles. The molecule has 1 atom stereocenters. The molecule has 0 spiro atoms. The largest absolute Gasteiger partial charge is 0.322 e. The van der Waals surface area contributed by atoms with Crippen molar-refractivity contribution >= 4 is 17.5 Å². The summed E-state index contributed by atoms with van der Waals surface area (Å²) >= 11 is 0. The summed E-state index contributed by atoms with van der Waals surface area (Å²) in [6.45, 7) is 0. The van der Waals surface area contributed by atoms with E-state index in [2.05, 4.69) is 5.32 Å². The second kappa shape index (κ2) is 8.41. The van der Waals surface area contributed by atoms with Crippen LogP contribution in [0.15, 0.2) is 72.8 Å². The molecule has 1 unspecified atom stereocenters. The number of hydroxylamine groups is 1. The first-order chi connectivity index (χ1) is 13.5. The summed E-state index contributed by atoms with van der Waals surface area (Å²) in [5.74, 6) is -3.71. The minimum absolute atomic E-state index is 0.341. The molecule has 28 heavy (non-hydrogen) atoms. The van der Waals surface area contributed by atoms with Gasteiger partial charge >= 0.3 is 0 Å². The average Bonchev–Trinajstić information content (AvgIpc) is 2.72. The first-order valence-corrected chi connectivity index (χ1v) is 8.35. The van der Waals surface area contributed by atoms with Crippen LogP contribution in [0.1, 0.15) is 27.4 Å². The van der Waals surface area contributed by atoms with Crippen LogP contribution in [0.5, 0.6) is 0 Å². The molecule has 0 bridgehead atoms. The predicted molar refractivity (Wildman–Crippen MR) is 99.0 cm³/mol. The van der Waals surface area contributed by atoms with Gasteiger partial charge in [0.05, 0.1) is 11.5 Å². The molecule has 0 aliphatic rings. The van der Waals surface area contributed by atoms with Crippen molar-refractivity contribution in [2.75, 3.05) is 5.32 Å². The Labute approximate surface area is 159 Å². The van der Waals surface area contributed by atoms with E-state index < -0.39 is 34.9 Å². The molecule has 3 N–H and O–H groups in total. The van der Waals surface area contributed by atoms with Crippen LogP contribution in [0.2, 0.25) is 0 Å². The van der Waals surface area contributed by atoms with Gasteiger partial charge in [-0.2, -0.15) is 0 Å². The lowest BCUT2D eigenvalue weighted by molar-refractivity contribution is -0.129. The number of amides is 2. The molecule has 0 heterocycles. The van der Waals surface area contributed by atoms with Crippen LogP contribution in [0.4, 0.5) is 14.5 Å². The molecule has 5 nitrogen and oxygen atoms in total. The maximum Gasteiger partial charge on any atom is 0.258 e. The zero-order valence-corrected chi connectivity index (χ0v) is 14.5. The molecule has 142 valence electrons. The molecule has 0 aliphatic heterocycles. The molecule has 0 saturated heterocycles. The van der Waals surface area contributed by atoms with Crippen molar-refractivity contribution < 1.29 is 23.6 Å². The minimum Gasteiger partial charge on any atom is -0.322 e. The highest BCUT2D eigenvalue weighted by Crippen LogP contribution is 2.26. The Hall–Kier alpha value is -3.58. The standard InChI is InChI=1S/C21H16F2N2O3/c22-15-8-11-18(23)17(12-15)20(26)24-16-9-6-14(7-10-16)19(21(27)25-28)13-4-2-1-3-5-13/h1-12,19,28H,(H,24,26)(H,25,27). The molecule has 0 radical (unpaired) electrons. The fourth-order valence-electron chi connectivity index (χ4n) is 2.83. The second-order valence-corrected chi connectivity index (χ2v) is 6.02. The molecule has 3 aromatic rings. The highest BCUT2D eigenvalue weighted by atomic mass is 19.1. The third-order valence-corrected chi connectivity index (χ3v) is 4.18. The quantitative estimate of drug-likeness (QED) is 0.463. The molecule has 2 amide bonds. The molecule has 0 aliphatic carbocycles. The van der Waals surface area contributed by atoms with Crippen molar-refractivity contribution in [3.63, 3.8) is 0 Å². The lowest BCUT2D eigenvalue weighted by atomic mass is 9.90. The van der Waals surface area contributed by atoms with Gasteiger partial charge in [-0.05, 0) is 41.5 Å². The van der Waals surface area contributed by atoms with Crippen molar-refractivity contribution in [2.45, 2.75) is 5.92 Å². The van der Waals surface area contributed by atoms with Gasteiger partial charge in [0.2, 0.25) is 0 Å². The summed E-state index contributed by atoms with van der Waals surface area (Å²) < 4.78 is 27.0. The van der Waals surface area contributed by atoms with E-state index in [1.54, 1.807) is 41.9 Å². The maximum absolute atomic E-state index is 13.7. The van der Waals surface area contributed by atoms with Gasteiger partial charge in [-0.3, -0.25) is 14.8 Å². The van der Waals surface area contributed by atoms with Gasteiger partial charge in [-0.1, -0.05) is 42.5 Å². The first kappa shape index (κ1) is 19.2. The first-order valence-electron chi connectivity index (χ1n) is 8.35. The number of hydrogen-bond acceptors (Lipinski definition) is 3. The van der Waals surface area contributed by atoms with Gasteiger partial charge < -0.3 is 5.32 Å². The summed E-state index contributed by atoms with van der Waals surface area (Å²) in [6, 6.07) is 17.7. The molecule has 3 rings (SSSR count). The van der Waals surface area contributed by atoms with E-state index in [1.165, 1.54) is 12.1 Å². The summed E-state index contributed by atoms with van der Waals surface area (Å²) in [7, 11) is 0. The Bertz CT molecular complexity index is 992. The smallest absolute Gasteiger partial charge is 0.258 e. The van der Waals surface area contributed by atoms with E-state index in [4.69, 9.17) is 5.21 Å². The van der Waals surface area contributed by atoms with Gasteiger partial charge in [0, 0.05) is 5.69 Å². The highest BCUT2D eigenvalue weighted by molar-refractivity contribution is 6.04. The fourth-order valence-corrected chi connectivity index (χ4v) is 2.83. The van der Waals surface area contributed by atoms with E-state index in [1.807, 2.05) is 6.07 Å². The number of carbonyl (C=O) groups is 2. The number of nitrogens with one attached hydrogen (secondary N) is 2. The van der Waals surface area contributed by atoms with E-state index in [0.29, 0.717) is 16.8 Å². The Morgan fingerprint density at radius 2 is 1.50 bits per heavy atom. The predicted octanol–water partition coefficient (Wildman–Crippen LogP) is 3.85. The van der Waals surface area contributed by atoms with Crippen molar-refractivity contribution in [3.05, 3.63) is 101 Å². The van der Waals surface area contributed by atoms with Gasteiger partial charge in [0.1, 0.15) is 11.6 Å². The summed E-state index contributed by atoms with van der Waals surface area (Å²) in [4.78, 5) is 24.3. The minimum atomic E-state index is -0.834. The normalized spacial score (nSPS) is 11.5. The van der Waals surface area contributed by atoms with E-state index in [-0.39, 0.29) is 0 Å². The highest BCUT2D eigenvalue weighted by Gasteiger charge is 2.22. The summed E-state index contributed by atoms with van der Waals surface area (Å²) in [5, 5.41) is 11.5. The number of rotatable bonds is 5. The van der Waals surface area contributed by atoms with Crippen LogP contribution in [-0.4, -0.2) is 17.0 Å². The number of carbonyl (C=O) groups excluding carboxylic acids is 2. The van der Waals surface area contributed by atoms with Crippen molar-refractivity contribution in [1.82, 2.24) is 5.48 Å². The molecule has 0 fully saturated rings. The van der Waals surface area contributed by atoms with Crippen LogP contribution in [0, 0.1) is 11.6 Å². The number of hydrogen-bond donors (Lipinski definition) is 3. The molecule has 7 heteroatoms. The van der Waals surface area contributed by atoms with E-state index in [0.717, 1.165) is 18.2 Å². The summed E-state index contributed by atoms with van der Waals surface area (Å²) in [6.07, 6.45) is 0. The molecule has 0 aromatic heterocycles. The Morgan fingerprint density at radius 1 is 0.857 bits per heavy atom. The molecular weight excluding hydrogens is 366 g/mol. The Balaban J connectivity index is 1.83. The third-order valence-electron chi connectivity index (χ3n) is 4.18. The van der Waals surface area contributed by atoms with E-state index in [9.17, 15) is 18.4 Å². The lowest BCUT2D eigenvalue weighted by Gasteiger charge is -2.16. The third kappa shape index (κ3) is 4.21. The fraction of sp³-hybridized carbons (Fsp3) is 0.0476. The van der Waals surface area contributed by atoms with Crippen LogP contribution in [0.25, 0.3) is 0 Å². The van der Waals surface area contributed by atoms with E-state index >= 15 is 0 Å². The molecular formula is C21H16F2N2O3. The second-order valence-electron chi connectivity index (χ2n) is 6.02. The lowest BCUT2D eigenvalue weighted by Crippen LogP contribution is -2.27. The average molecular weight is 382 g/mol. The van der Waals surface area contributed by atoms with Gasteiger partial charge in [-0.25, -0.2) is 14.3 Å². The van der Waals surface area contributed by atoms with Crippen LogP contribution in [0.3, 0.4) is 0 Å². The zero-order chi connectivity index (χ0) is 20.1. The van der Waals surface area contributed by atoms with Crippen molar-refractivity contribution in [3.8, 4) is 0 Å². The van der Waals surface area contributed by atoms with Gasteiger partial charge in [0.15, 0.2) is 0 Å². The Morgan fingerprint density at radius 3 is 2.14 bits per heavy atom. The number of halogens is 2. The zero-order valence-electron chi connectivity index (χ0n) is 14.5. The van der Waals surface area contributed by atoms with Crippen LogP contribution >= 0.6 is 0 Å². The SMILES string of the molecule is O=C(Nc1ccc(C(C(=O)NO)c2ccccc2)cc1)c1cc(F)ccc1F.